The molecule has 2 atom stereocenters. The van der Waals surface area contributed by atoms with Gasteiger partial charge in [-0.3, -0.25) is 43.3 Å². The molecule has 28 heteroatoms. The minimum Gasteiger partial charge on any atom is -0.481 e. The maximum absolute atomic E-state index is 13.0. The number of aliphatic carboxylic acids is 7. The topological polar surface area (TPSA) is 411 Å². The Hall–Kier alpha value is -7.65. The molecule has 0 radical (unpaired) electrons. The van der Waals surface area contributed by atoms with Crippen molar-refractivity contribution in [1.29, 1.82) is 0 Å². The van der Waals surface area contributed by atoms with Gasteiger partial charge < -0.3 is 70.6 Å². The number of aromatic nitrogens is 4. The van der Waals surface area contributed by atoms with E-state index in [4.69, 9.17) is 5.11 Å². The van der Waals surface area contributed by atoms with E-state index in [9.17, 15) is 83.4 Å². The summed E-state index contributed by atoms with van der Waals surface area (Å²) in [6.45, 7) is -3.07. The van der Waals surface area contributed by atoms with Crippen molar-refractivity contribution < 1.29 is 88.5 Å². The number of nitrogens with one attached hydrogen (secondary N) is 3. The van der Waals surface area contributed by atoms with E-state index in [2.05, 4.69) is 25.9 Å². The first-order valence-corrected chi connectivity index (χ1v) is 22.8. The van der Waals surface area contributed by atoms with Crippen LogP contribution in [-0.4, -0.2) is 186 Å². The number of carboxylic acid groups (broad SMARTS) is 7. The van der Waals surface area contributed by atoms with Gasteiger partial charge in [-0.25, -0.2) is 24.4 Å². The maximum Gasteiger partial charge on any atom is 0.326 e. The summed E-state index contributed by atoms with van der Waals surface area (Å²) in [4.78, 5) is 142. The number of hydrogen-bond acceptors (Lipinski definition) is 14. The third-order valence-electron chi connectivity index (χ3n) is 10.7. The summed E-state index contributed by atoms with van der Waals surface area (Å²) in [6, 6.07) is -3.92. The highest BCUT2D eigenvalue weighted by molar-refractivity contribution is 5.87. The van der Waals surface area contributed by atoms with Crippen molar-refractivity contribution in [2.45, 2.75) is 128 Å². The van der Waals surface area contributed by atoms with Crippen molar-refractivity contribution in [3.8, 4) is 0 Å². The second-order valence-electron chi connectivity index (χ2n) is 16.5. The first-order chi connectivity index (χ1) is 33.6. The Balaban J connectivity index is 1.86. The van der Waals surface area contributed by atoms with Crippen molar-refractivity contribution in [2.75, 3.05) is 39.3 Å². The number of urea groups is 1. The number of hydrogen-bond donors (Lipinski definition) is 10. The van der Waals surface area contributed by atoms with Crippen LogP contribution in [0.5, 0.6) is 0 Å². The molecular formula is C43H64N10O18. The Bertz CT molecular complexity index is 2000. The second-order valence-corrected chi connectivity index (χ2v) is 16.5. The molecule has 0 spiro atoms. The van der Waals surface area contributed by atoms with Gasteiger partial charge in [-0.1, -0.05) is 38.5 Å². The highest BCUT2D eigenvalue weighted by Crippen LogP contribution is 2.15. The fraction of sp³-hybridized carbons (Fsp3) is 0.605. The smallest absolute Gasteiger partial charge is 0.326 e. The van der Waals surface area contributed by atoms with Crippen LogP contribution in [0.1, 0.15) is 102 Å². The van der Waals surface area contributed by atoms with Crippen molar-refractivity contribution >= 4 is 65.5 Å². The molecule has 0 saturated heterocycles. The van der Waals surface area contributed by atoms with Gasteiger partial charge in [-0.2, -0.15) is 0 Å². The Morgan fingerprint density at radius 2 is 0.930 bits per heavy atom. The van der Waals surface area contributed by atoms with Crippen molar-refractivity contribution in [3.63, 3.8) is 0 Å². The fourth-order valence-electron chi connectivity index (χ4n) is 7.11. The van der Waals surface area contributed by atoms with E-state index >= 15 is 0 Å². The number of unbranched alkanes of at least 4 members (excludes halogenated alkanes) is 8. The zero-order chi connectivity index (χ0) is 52.9. The number of carbonyl (C=O) groups excluding carboxylic acids is 4. The van der Waals surface area contributed by atoms with Crippen LogP contribution >= 0.6 is 0 Å². The van der Waals surface area contributed by atoms with Gasteiger partial charge in [-0.15, -0.1) is 0 Å². The van der Waals surface area contributed by atoms with Gasteiger partial charge in [0.2, 0.25) is 17.7 Å². The van der Waals surface area contributed by atoms with E-state index < -0.39 is 117 Å². The molecule has 0 aliphatic rings. The molecule has 0 aliphatic heterocycles. The lowest BCUT2D eigenvalue weighted by molar-refractivity contribution is -0.150. The number of carbonyl (C=O) groups is 11. The molecule has 2 aromatic heterocycles. The summed E-state index contributed by atoms with van der Waals surface area (Å²) in [7, 11) is 0. The highest BCUT2D eigenvalue weighted by atomic mass is 16.4. The van der Waals surface area contributed by atoms with E-state index in [-0.39, 0.29) is 38.4 Å². The molecule has 10 N–H and O–H groups in total. The van der Waals surface area contributed by atoms with Crippen molar-refractivity contribution in [2.24, 2.45) is 0 Å². The Morgan fingerprint density at radius 3 is 1.35 bits per heavy atom. The first-order valence-electron chi connectivity index (χ1n) is 22.8. The van der Waals surface area contributed by atoms with E-state index in [0.29, 0.717) is 60.1 Å². The second kappa shape index (κ2) is 32.2. The van der Waals surface area contributed by atoms with Crippen LogP contribution in [0.25, 0.3) is 0 Å². The molecule has 71 heavy (non-hydrogen) atoms. The highest BCUT2D eigenvalue weighted by Gasteiger charge is 2.26. The molecule has 0 aromatic carbocycles. The SMILES string of the molecule is O=C(O)CC[C@H](NC(=O)N[C@@H](CCCCNC(=O)CCCCCCCCCCN(Cc1nccn1CC(=O)N(CC(=O)O)CC(=O)O)Cc1nccn1CC(=O)N(CC(=O)O)CC(=O)O)C(=O)O)C(=O)O. The molecule has 0 saturated carbocycles. The lowest BCUT2D eigenvalue weighted by atomic mass is 10.1. The normalized spacial score (nSPS) is 11.8. The average Bonchev–Trinajstić information content (AvgIpc) is 3.91. The molecule has 2 heterocycles. The average molecular weight is 1010 g/mol. The fourth-order valence-corrected chi connectivity index (χ4v) is 7.11. The summed E-state index contributed by atoms with van der Waals surface area (Å²) < 4.78 is 2.93. The van der Waals surface area contributed by atoms with E-state index in [1.165, 1.54) is 33.9 Å². The van der Waals surface area contributed by atoms with Crippen LogP contribution in [0.2, 0.25) is 0 Å². The Kier molecular flexibility index (Phi) is 27.0. The van der Waals surface area contributed by atoms with E-state index in [1.807, 2.05) is 4.90 Å². The summed E-state index contributed by atoms with van der Waals surface area (Å²) in [5.41, 5.74) is 0. The lowest BCUT2D eigenvalue weighted by Crippen LogP contribution is -2.51. The maximum atomic E-state index is 13.0. The molecule has 394 valence electrons. The third-order valence-corrected chi connectivity index (χ3v) is 10.7. The van der Waals surface area contributed by atoms with Crippen molar-refractivity contribution in [1.82, 2.24) is 49.8 Å². The number of amides is 5. The Morgan fingerprint density at radius 1 is 0.507 bits per heavy atom. The molecule has 0 fully saturated rings. The van der Waals surface area contributed by atoms with Crippen LogP contribution in [0.15, 0.2) is 24.8 Å². The summed E-state index contributed by atoms with van der Waals surface area (Å²) in [5.74, 6) is -10.6. The summed E-state index contributed by atoms with van der Waals surface area (Å²) >= 11 is 0. The molecule has 0 aliphatic carbocycles. The minimum atomic E-state index is -1.52. The van der Waals surface area contributed by atoms with Crippen LogP contribution in [0.4, 0.5) is 4.79 Å². The van der Waals surface area contributed by atoms with Gasteiger partial charge in [-0.05, 0) is 45.1 Å². The van der Waals surface area contributed by atoms with Gasteiger partial charge in [0.1, 0.15) is 63.0 Å². The zero-order valence-corrected chi connectivity index (χ0v) is 39.2. The standard InChI is InChI=1S/C43H64N10O18/c54-33(46-15-9-8-11-29(41(67)68)47-43(71)48-30(42(69)70)13-14-36(57)58)12-7-5-3-1-2-4-6-10-18-49(21-31-44-16-19-50(31)23-34(55)52(25-37(59)60)26-38(61)62)22-32-45-17-20-51(32)24-35(56)53(27-39(63)64)28-40(65)66/h16-17,19-20,29-30H,1-15,18,21-28H2,(H,46,54)(H,57,58)(H,59,60)(H,61,62)(H,63,64)(H,65,66)(H,67,68)(H,69,70)(H2,47,48,71)/t29-,30-/m0/s1. The van der Waals surface area contributed by atoms with Crippen molar-refractivity contribution in [3.05, 3.63) is 36.4 Å². The molecule has 0 bridgehead atoms. The lowest BCUT2D eigenvalue weighted by Gasteiger charge is -2.24. The largest absolute Gasteiger partial charge is 0.481 e. The monoisotopic (exact) mass is 1010 g/mol. The summed E-state index contributed by atoms with van der Waals surface area (Å²) in [6.07, 6.45) is 12.5. The number of imidazole rings is 2. The van der Waals surface area contributed by atoms with Gasteiger partial charge in [0.05, 0.1) is 13.1 Å². The molecule has 2 rings (SSSR count). The molecular weight excluding hydrogens is 945 g/mol. The van der Waals surface area contributed by atoms with Crippen LogP contribution in [-0.2, 0) is 74.1 Å². The van der Waals surface area contributed by atoms with Gasteiger partial charge in [0, 0.05) is 44.2 Å². The number of rotatable bonds is 39. The summed E-state index contributed by atoms with van der Waals surface area (Å²) in [5, 5.41) is 71.3. The van der Waals surface area contributed by atoms with Gasteiger partial charge in [0.15, 0.2) is 0 Å². The van der Waals surface area contributed by atoms with E-state index in [0.717, 1.165) is 38.5 Å². The van der Waals surface area contributed by atoms with Crippen LogP contribution < -0.4 is 16.0 Å². The van der Waals surface area contributed by atoms with Gasteiger partial charge in [0.25, 0.3) is 0 Å². The minimum absolute atomic E-state index is 0.00187. The van der Waals surface area contributed by atoms with E-state index in [1.54, 1.807) is 0 Å². The number of nitrogens with zero attached hydrogens (tertiary/aromatic N) is 7. The first kappa shape index (κ1) is 59.5. The van der Waals surface area contributed by atoms with Crippen LogP contribution in [0, 0.1) is 0 Å². The Labute approximate surface area is 407 Å². The van der Waals surface area contributed by atoms with Crippen LogP contribution in [0.3, 0.4) is 0 Å². The molecule has 28 nitrogen and oxygen atoms in total. The number of carboxylic acids is 7. The predicted octanol–water partition coefficient (Wildman–Crippen LogP) is -0.0548. The zero-order valence-electron chi connectivity index (χ0n) is 39.2. The molecule has 5 amide bonds. The quantitative estimate of drug-likeness (QED) is 0.0392. The molecule has 2 aromatic rings. The van der Waals surface area contributed by atoms with Gasteiger partial charge >= 0.3 is 47.8 Å². The molecule has 0 unspecified atom stereocenters. The third kappa shape index (κ3) is 25.5. The predicted molar refractivity (Wildman–Crippen MR) is 242 cm³/mol.